The van der Waals surface area contributed by atoms with E-state index in [0.29, 0.717) is 17.1 Å². The zero-order valence-corrected chi connectivity index (χ0v) is 11.1. The van der Waals surface area contributed by atoms with Crippen molar-refractivity contribution in [1.82, 2.24) is 0 Å². The molecule has 0 radical (unpaired) electrons. The first-order valence-electron chi connectivity index (χ1n) is 5.67. The Morgan fingerprint density at radius 3 is 2.33 bits per heavy atom. The Labute approximate surface area is 108 Å². The quantitative estimate of drug-likeness (QED) is 0.656. The van der Waals surface area contributed by atoms with E-state index in [1.54, 1.807) is 19.1 Å². The lowest BCUT2D eigenvalue weighted by Gasteiger charge is -2.15. The fraction of sp³-hybridized carbons (Fsp3) is 0.333. The lowest BCUT2D eigenvalue weighted by molar-refractivity contribution is 0.316. The van der Waals surface area contributed by atoms with Crippen molar-refractivity contribution in [2.24, 2.45) is 5.41 Å². The maximum atomic E-state index is 8.86. The second-order valence-electron chi connectivity index (χ2n) is 5.16. The molecule has 1 aliphatic heterocycles. The average Bonchev–Trinajstić information content (AvgIpc) is 2.26. The topological polar surface area (TPSA) is 56.8 Å². The van der Waals surface area contributed by atoms with Crippen LogP contribution in [-0.2, 0) is 4.74 Å². The van der Waals surface area contributed by atoms with Crippen LogP contribution in [0.25, 0.3) is 0 Å². The van der Waals surface area contributed by atoms with Crippen LogP contribution in [0.2, 0.25) is 0 Å². The lowest BCUT2D eigenvalue weighted by Crippen LogP contribution is -2.01. The molecule has 1 heterocycles. The molecule has 0 saturated carbocycles. The molecule has 1 rings (SSSR count). The SMILES string of the molecule is CC1=CC(=C(C#N)C#N)C=C(/C=C/C(C)(C)C)O1. The van der Waals surface area contributed by atoms with E-state index in [-0.39, 0.29) is 11.0 Å². The maximum Gasteiger partial charge on any atom is 0.137 e. The predicted octanol–water partition coefficient (Wildman–Crippen LogP) is 3.75. The second kappa shape index (κ2) is 5.38. The van der Waals surface area contributed by atoms with Crippen molar-refractivity contribution in [3.63, 3.8) is 0 Å². The monoisotopic (exact) mass is 240 g/mol. The molecule has 0 aromatic carbocycles. The van der Waals surface area contributed by atoms with Crippen LogP contribution in [0.3, 0.4) is 0 Å². The summed E-state index contributed by atoms with van der Waals surface area (Å²) in [6, 6.07) is 3.77. The van der Waals surface area contributed by atoms with Gasteiger partial charge in [-0.05, 0) is 30.6 Å². The van der Waals surface area contributed by atoms with Crippen molar-refractivity contribution in [2.45, 2.75) is 27.7 Å². The molecule has 0 unspecified atom stereocenters. The molecule has 0 fully saturated rings. The Morgan fingerprint density at radius 2 is 1.83 bits per heavy atom. The third-order valence-electron chi connectivity index (χ3n) is 2.20. The number of rotatable bonds is 1. The van der Waals surface area contributed by atoms with Crippen molar-refractivity contribution in [1.29, 1.82) is 10.5 Å². The highest BCUT2D eigenvalue weighted by Gasteiger charge is 2.11. The Morgan fingerprint density at radius 1 is 1.22 bits per heavy atom. The van der Waals surface area contributed by atoms with Gasteiger partial charge in [0.15, 0.2) is 0 Å². The third-order valence-corrected chi connectivity index (χ3v) is 2.20. The van der Waals surface area contributed by atoms with Crippen LogP contribution in [0.1, 0.15) is 27.7 Å². The van der Waals surface area contributed by atoms with E-state index in [9.17, 15) is 0 Å². The number of allylic oxidation sites excluding steroid dienone is 7. The molecule has 0 amide bonds. The van der Waals surface area contributed by atoms with Gasteiger partial charge in [0.25, 0.3) is 0 Å². The van der Waals surface area contributed by atoms with Crippen LogP contribution in [0, 0.1) is 28.1 Å². The molecule has 0 aromatic rings. The van der Waals surface area contributed by atoms with E-state index in [1.807, 2.05) is 24.3 Å². The third kappa shape index (κ3) is 3.96. The van der Waals surface area contributed by atoms with Gasteiger partial charge in [-0.1, -0.05) is 26.8 Å². The van der Waals surface area contributed by atoms with Crippen LogP contribution in [0.5, 0.6) is 0 Å². The fourth-order valence-electron chi connectivity index (χ4n) is 1.37. The number of hydrogen-bond donors (Lipinski definition) is 0. The summed E-state index contributed by atoms with van der Waals surface area (Å²) in [5.41, 5.74) is 0.743. The molecule has 0 atom stereocenters. The van der Waals surface area contributed by atoms with Crippen LogP contribution >= 0.6 is 0 Å². The molecule has 3 heteroatoms. The van der Waals surface area contributed by atoms with Crippen LogP contribution in [-0.4, -0.2) is 0 Å². The first kappa shape index (κ1) is 13.8. The zero-order valence-electron chi connectivity index (χ0n) is 11.1. The van der Waals surface area contributed by atoms with Gasteiger partial charge in [-0.2, -0.15) is 10.5 Å². The van der Waals surface area contributed by atoms with Crippen LogP contribution < -0.4 is 0 Å². The van der Waals surface area contributed by atoms with Gasteiger partial charge >= 0.3 is 0 Å². The number of nitrogens with zero attached hydrogens (tertiary/aromatic N) is 2. The average molecular weight is 240 g/mol. The molecule has 18 heavy (non-hydrogen) atoms. The van der Waals surface area contributed by atoms with E-state index in [4.69, 9.17) is 15.3 Å². The van der Waals surface area contributed by atoms with Crippen molar-refractivity contribution in [3.05, 3.63) is 47.0 Å². The van der Waals surface area contributed by atoms with Crippen molar-refractivity contribution in [3.8, 4) is 12.1 Å². The summed E-state index contributed by atoms with van der Waals surface area (Å²) < 4.78 is 5.53. The molecule has 92 valence electrons. The molecule has 0 aliphatic carbocycles. The first-order valence-corrected chi connectivity index (χ1v) is 5.67. The van der Waals surface area contributed by atoms with Crippen LogP contribution in [0.15, 0.2) is 47.0 Å². The summed E-state index contributed by atoms with van der Waals surface area (Å²) in [4.78, 5) is 0. The summed E-state index contributed by atoms with van der Waals surface area (Å²) in [5, 5.41) is 17.7. The Balaban J connectivity index is 3.13. The van der Waals surface area contributed by atoms with E-state index >= 15 is 0 Å². The van der Waals surface area contributed by atoms with Gasteiger partial charge in [0.2, 0.25) is 0 Å². The summed E-state index contributed by atoms with van der Waals surface area (Å²) in [5.74, 6) is 1.31. The zero-order chi connectivity index (χ0) is 13.8. The smallest absolute Gasteiger partial charge is 0.137 e. The Kier molecular flexibility index (Phi) is 4.13. The van der Waals surface area contributed by atoms with Gasteiger partial charge in [0, 0.05) is 5.57 Å². The largest absolute Gasteiger partial charge is 0.462 e. The molecule has 1 aliphatic rings. The summed E-state index contributed by atoms with van der Waals surface area (Å²) in [7, 11) is 0. The molecule has 0 bridgehead atoms. The van der Waals surface area contributed by atoms with E-state index in [2.05, 4.69) is 20.8 Å². The lowest BCUT2D eigenvalue weighted by atomic mass is 9.96. The van der Waals surface area contributed by atoms with Crippen molar-refractivity contribution >= 4 is 0 Å². The molecule has 0 spiro atoms. The van der Waals surface area contributed by atoms with Crippen molar-refractivity contribution in [2.75, 3.05) is 0 Å². The van der Waals surface area contributed by atoms with Gasteiger partial charge in [-0.25, -0.2) is 0 Å². The Bertz CT molecular complexity index is 525. The maximum absolute atomic E-state index is 8.86. The van der Waals surface area contributed by atoms with E-state index in [0.717, 1.165) is 0 Å². The highest BCUT2D eigenvalue weighted by molar-refractivity contribution is 5.52. The van der Waals surface area contributed by atoms with Gasteiger partial charge in [-0.3, -0.25) is 0 Å². The number of nitriles is 2. The van der Waals surface area contributed by atoms with Gasteiger partial charge in [-0.15, -0.1) is 0 Å². The summed E-state index contributed by atoms with van der Waals surface area (Å²) in [6.45, 7) is 8.05. The van der Waals surface area contributed by atoms with Gasteiger partial charge in [0.1, 0.15) is 29.2 Å². The minimum absolute atomic E-state index is 0.0520. The molecule has 3 nitrogen and oxygen atoms in total. The summed E-state index contributed by atoms with van der Waals surface area (Å²) >= 11 is 0. The highest BCUT2D eigenvalue weighted by atomic mass is 16.5. The highest BCUT2D eigenvalue weighted by Crippen LogP contribution is 2.24. The standard InChI is InChI=1S/C15H16N2O/c1-11-7-12(13(9-16)10-17)8-14(18-11)5-6-15(2,3)4/h5-8H,1-4H3/b6-5+. The normalized spacial score (nSPS) is 15.3. The van der Waals surface area contributed by atoms with Crippen LogP contribution in [0.4, 0.5) is 0 Å². The second-order valence-corrected chi connectivity index (χ2v) is 5.16. The van der Waals surface area contributed by atoms with Crippen molar-refractivity contribution < 1.29 is 4.74 Å². The molecule has 0 aromatic heterocycles. The predicted molar refractivity (Wildman–Crippen MR) is 69.8 cm³/mol. The van der Waals surface area contributed by atoms with Gasteiger partial charge in [0.05, 0.1) is 0 Å². The molecular weight excluding hydrogens is 224 g/mol. The van der Waals surface area contributed by atoms with Gasteiger partial charge < -0.3 is 4.74 Å². The molecule has 0 N–H and O–H groups in total. The number of hydrogen-bond acceptors (Lipinski definition) is 3. The first-order chi connectivity index (χ1) is 8.35. The van der Waals surface area contributed by atoms with E-state index < -0.39 is 0 Å². The minimum atomic E-state index is 0.0520. The summed E-state index contributed by atoms with van der Waals surface area (Å²) in [6.07, 6.45) is 7.28. The molecule has 0 saturated heterocycles. The molecular formula is C15H16N2O. The minimum Gasteiger partial charge on any atom is -0.462 e. The Hall–Kier alpha value is -2.26. The fourth-order valence-corrected chi connectivity index (χ4v) is 1.37. The van der Waals surface area contributed by atoms with E-state index in [1.165, 1.54) is 0 Å². The number of ether oxygens (including phenoxy) is 1.